The van der Waals surface area contributed by atoms with Gasteiger partial charge in [0.25, 0.3) is 11.5 Å². The molecule has 10 heteroatoms. The van der Waals surface area contributed by atoms with Crippen LogP contribution in [-0.4, -0.2) is 34.9 Å². The number of pyridine rings is 1. The van der Waals surface area contributed by atoms with Crippen molar-refractivity contribution < 1.29 is 4.79 Å². The molecule has 4 heterocycles. The Morgan fingerprint density at radius 1 is 1.02 bits per heavy atom. The van der Waals surface area contributed by atoms with Gasteiger partial charge in [-0.05, 0) is 49.6 Å². The Kier molecular flexibility index (Phi) is 6.32. The lowest BCUT2D eigenvalue weighted by atomic mass is 10.0. The maximum atomic E-state index is 14.2. The molecule has 4 aromatic heterocycles. The summed E-state index contributed by atoms with van der Waals surface area (Å²) in [7, 11) is 1.84. The molecular weight excluding hydrogens is 516 g/mol. The highest BCUT2D eigenvalue weighted by molar-refractivity contribution is 6.04. The molecule has 0 saturated heterocycles. The highest BCUT2D eigenvalue weighted by Crippen LogP contribution is 2.24. The van der Waals surface area contributed by atoms with Gasteiger partial charge in [0.15, 0.2) is 11.5 Å². The zero-order chi connectivity index (χ0) is 28.7. The van der Waals surface area contributed by atoms with Crippen LogP contribution in [0.15, 0.2) is 84.0 Å². The summed E-state index contributed by atoms with van der Waals surface area (Å²) in [5, 5.41) is 12.7. The first kappa shape index (κ1) is 25.6. The van der Waals surface area contributed by atoms with Crippen molar-refractivity contribution in [2.75, 3.05) is 5.73 Å². The van der Waals surface area contributed by atoms with Crippen LogP contribution in [0.4, 0.5) is 5.82 Å². The molecule has 41 heavy (non-hydrogen) atoms. The summed E-state index contributed by atoms with van der Waals surface area (Å²) in [6, 6.07) is 17.9. The van der Waals surface area contributed by atoms with E-state index in [4.69, 9.17) is 5.73 Å². The van der Waals surface area contributed by atoms with Crippen molar-refractivity contribution in [2.45, 2.75) is 19.9 Å². The fourth-order valence-corrected chi connectivity index (χ4v) is 4.97. The van der Waals surface area contributed by atoms with Gasteiger partial charge >= 0.3 is 0 Å². The van der Waals surface area contributed by atoms with Gasteiger partial charge in [-0.1, -0.05) is 42.2 Å². The van der Waals surface area contributed by atoms with Gasteiger partial charge in [-0.15, -0.1) is 5.10 Å². The summed E-state index contributed by atoms with van der Waals surface area (Å²) in [5.41, 5.74) is 9.84. The molecular formula is C31H26N8O2. The number of para-hydroxylation sites is 1. The molecule has 0 aliphatic rings. The zero-order valence-corrected chi connectivity index (χ0v) is 22.7. The van der Waals surface area contributed by atoms with Crippen molar-refractivity contribution in [3.8, 4) is 17.5 Å². The molecule has 6 rings (SSSR count). The van der Waals surface area contributed by atoms with Crippen LogP contribution in [0.5, 0.6) is 0 Å². The van der Waals surface area contributed by atoms with Crippen molar-refractivity contribution in [3.63, 3.8) is 0 Å². The fraction of sp³-hybridized carbons (Fsp3) is 0.129. The second-order valence-electron chi connectivity index (χ2n) is 9.71. The van der Waals surface area contributed by atoms with E-state index in [2.05, 4.69) is 32.3 Å². The maximum absolute atomic E-state index is 14.2. The molecule has 1 atom stereocenters. The van der Waals surface area contributed by atoms with Crippen molar-refractivity contribution >= 4 is 28.1 Å². The molecule has 0 radical (unpaired) electrons. The first-order valence-corrected chi connectivity index (χ1v) is 13.0. The van der Waals surface area contributed by atoms with E-state index in [1.165, 1.54) is 4.52 Å². The monoisotopic (exact) mass is 542 g/mol. The molecule has 3 N–H and O–H groups in total. The van der Waals surface area contributed by atoms with Gasteiger partial charge in [0.2, 0.25) is 0 Å². The second-order valence-corrected chi connectivity index (χ2v) is 9.71. The standard InChI is InChI=1S/C31H26N8O2/c1-19-23(18-37(3)35-19)14-13-21-9-7-10-22-17-25(39(31(41)26(21)22)24-11-5-4-6-12-24)20(2)34-30(40)27-28(32)36-38-16-8-15-33-29(27)38/h4-12,15-18,20H,1-3H3,(H2,32,36)(H,34,40). The predicted molar refractivity (Wildman–Crippen MR) is 157 cm³/mol. The molecule has 0 fully saturated rings. The van der Waals surface area contributed by atoms with Gasteiger partial charge in [-0.3, -0.25) is 18.8 Å². The normalized spacial score (nSPS) is 11.8. The minimum Gasteiger partial charge on any atom is -0.381 e. The number of nitrogen functional groups attached to an aromatic ring is 1. The van der Waals surface area contributed by atoms with Crippen LogP contribution < -0.4 is 16.6 Å². The van der Waals surface area contributed by atoms with Gasteiger partial charge in [0, 0.05) is 42.6 Å². The topological polar surface area (TPSA) is 125 Å². The smallest absolute Gasteiger partial charge is 0.264 e. The number of carbonyl (C=O) groups excluding carboxylic acids is 1. The van der Waals surface area contributed by atoms with Gasteiger partial charge in [-0.2, -0.15) is 5.10 Å². The van der Waals surface area contributed by atoms with Crippen LogP contribution in [0, 0.1) is 18.8 Å². The number of aryl methyl sites for hydroxylation is 2. The van der Waals surface area contributed by atoms with E-state index >= 15 is 0 Å². The Hall–Kier alpha value is -5.69. The number of rotatable bonds is 4. The lowest BCUT2D eigenvalue weighted by molar-refractivity contribution is 0.0941. The number of aromatic nitrogens is 6. The molecule has 1 amide bonds. The predicted octanol–water partition coefficient (Wildman–Crippen LogP) is 3.55. The number of benzene rings is 2. The van der Waals surface area contributed by atoms with E-state index < -0.39 is 11.9 Å². The van der Waals surface area contributed by atoms with Gasteiger partial charge in [0.1, 0.15) is 5.56 Å². The van der Waals surface area contributed by atoms with Crippen LogP contribution in [0.3, 0.4) is 0 Å². The van der Waals surface area contributed by atoms with E-state index in [1.54, 1.807) is 27.7 Å². The number of anilines is 1. The maximum Gasteiger partial charge on any atom is 0.264 e. The molecule has 1 unspecified atom stereocenters. The number of nitrogens with one attached hydrogen (secondary N) is 1. The Balaban J connectivity index is 1.48. The number of nitrogens with zero attached hydrogens (tertiary/aromatic N) is 6. The number of nitrogens with two attached hydrogens (primary N) is 1. The largest absolute Gasteiger partial charge is 0.381 e. The molecule has 0 aliphatic heterocycles. The Labute approximate surface area is 235 Å². The van der Waals surface area contributed by atoms with Crippen LogP contribution in [0.25, 0.3) is 22.1 Å². The summed E-state index contributed by atoms with van der Waals surface area (Å²) >= 11 is 0. The highest BCUT2D eigenvalue weighted by Gasteiger charge is 2.24. The van der Waals surface area contributed by atoms with Crippen molar-refractivity contribution in [3.05, 3.63) is 118 Å². The van der Waals surface area contributed by atoms with E-state index in [0.29, 0.717) is 33.4 Å². The number of carbonyl (C=O) groups is 1. The molecule has 6 aromatic rings. The third-order valence-corrected chi connectivity index (χ3v) is 6.88. The molecule has 0 spiro atoms. The Morgan fingerprint density at radius 3 is 2.56 bits per heavy atom. The van der Waals surface area contributed by atoms with Gasteiger partial charge in [-0.25, -0.2) is 9.50 Å². The Bertz CT molecular complexity index is 2080. The number of amides is 1. The molecule has 0 bridgehead atoms. The van der Waals surface area contributed by atoms with Crippen molar-refractivity contribution in [1.82, 2.24) is 34.3 Å². The quantitative estimate of drug-likeness (QED) is 0.328. The molecule has 0 saturated carbocycles. The molecule has 0 aliphatic carbocycles. The van der Waals surface area contributed by atoms with E-state index in [9.17, 15) is 9.59 Å². The number of fused-ring (bicyclic) bond motifs is 2. The van der Waals surface area contributed by atoms with Gasteiger partial charge < -0.3 is 11.1 Å². The summed E-state index contributed by atoms with van der Waals surface area (Å²) in [6.07, 6.45) is 5.10. The first-order chi connectivity index (χ1) is 19.8. The summed E-state index contributed by atoms with van der Waals surface area (Å²) in [5.74, 6) is 5.97. The second kappa shape index (κ2) is 10.1. The van der Waals surface area contributed by atoms with Crippen LogP contribution in [0.2, 0.25) is 0 Å². The lowest BCUT2D eigenvalue weighted by Gasteiger charge is -2.21. The van der Waals surface area contributed by atoms with Crippen LogP contribution in [-0.2, 0) is 7.05 Å². The SMILES string of the molecule is Cc1nn(C)cc1C#Cc1cccc2cc(C(C)NC(=O)c3c(N)nn4cccnc34)n(-c3ccccc3)c(=O)c12. The summed E-state index contributed by atoms with van der Waals surface area (Å²) in [6.45, 7) is 3.72. The molecule has 2 aromatic carbocycles. The number of hydrogen-bond donors (Lipinski definition) is 2. The minimum absolute atomic E-state index is 0.0689. The van der Waals surface area contributed by atoms with Crippen LogP contribution >= 0.6 is 0 Å². The summed E-state index contributed by atoms with van der Waals surface area (Å²) in [4.78, 5) is 31.9. The van der Waals surface area contributed by atoms with E-state index in [1.807, 2.05) is 81.7 Å². The van der Waals surface area contributed by atoms with Crippen molar-refractivity contribution in [2.24, 2.45) is 7.05 Å². The zero-order valence-electron chi connectivity index (χ0n) is 22.7. The van der Waals surface area contributed by atoms with Crippen LogP contribution in [0.1, 0.15) is 45.8 Å². The fourth-order valence-electron chi connectivity index (χ4n) is 4.97. The average molecular weight is 543 g/mol. The highest BCUT2D eigenvalue weighted by atomic mass is 16.2. The molecule has 10 nitrogen and oxygen atoms in total. The lowest BCUT2D eigenvalue weighted by Crippen LogP contribution is -2.32. The average Bonchev–Trinajstić information content (AvgIpc) is 3.48. The molecule has 202 valence electrons. The first-order valence-electron chi connectivity index (χ1n) is 13.0. The van der Waals surface area contributed by atoms with E-state index in [0.717, 1.165) is 11.3 Å². The van der Waals surface area contributed by atoms with Gasteiger partial charge in [0.05, 0.1) is 22.7 Å². The number of hydrogen-bond acceptors (Lipinski definition) is 6. The summed E-state index contributed by atoms with van der Waals surface area (Å²) < 4.78 is 4.79. The third kappa shape index (κ3) is 4.59. The minimum atomic E-state index is -0.578. The Morgan fingerprint density at radius 2 is 1.80 bits per heavy atom. The third-order valence-electron chi connectivity index (χ3n) is 6.88. The van der Waals surface area contributed by atoms with Crippen molar-refractivity contribution in [1.29, 1.82) is 0 Å². The van der Waals surface area contributed by atoms with E-state index in [-0.39, 0.29) is 16.9 Å².